The molecule has 0 amide bonds. The number of benzene rings is 1. The number of halogens is 1. The molecule has 2 aromatic rings. The highest BCUT2D eigenvalue weighted by Crippen LogP contribution is 2.28. The maximum Gasteiger partial charge on any atom is 0.167 e. The fourth-order valence-corrected chi connectivity index (χ4v) is 3.39. The van der Waals surface area contributed by atoms with Crippen LogP contribution in [0.4, 0.5) is 15.9 Å². The lowest BCUT2D eigenvalue weighted by Crippen LogP contribution is -2.38. The molecule has 29 heavy (non-hydrogen) atoms. The molecule has 1 saturated heterocycles. The van der Waals surface area contributed by atoms with Crippen molar-refractivity contribution in [3.63, 3.8) is 0 Å². The quantitative estimate of drug-likeness (QED) is 0.496. The molecule has 3 rings (SSSR count). The van der Waals surface area contributed by atoms with Crippen molar-refractivity contribution in [2.24, 2.45) is 0 Å². The van der Waals surface area contributed by atoms with Gasteiger partial charge in [-0.25, -0.2) is 14.4 Å². The Bertz CT molecular complexity index is 905. The second-order valence-corrected chi connectivity index (χ2v) is 7.68. The van der Waals surface area contributed by atoms with E-state index in [1.54, 1.807) is 19.9 Å². The zero-order chi connectivity index (χ0) is 21.3. The highest BCUT2D eigenvalue weighted by atomic mass is 19.1. The number of nitrogens with two attached hydrogens (primary N) is 1. The number of hydrogen-bond acceptors (Lipinski definition) is 8. The van der Waals surface area contributed by atoms with Crippen LogP contribution >= 0.6 is 0 Å². The standard InChI is InChI=1S/C20H27FN6O2/c1-11(2)29-18-5-12(14(22)6-13(18)21)20(23)15-7-19(25-10-24-15)27-8-16(26(3)4)17(28)9-27/h5-7,10-11,16-17,23,28H,8-9,22H2,1-4H3/t16-,17-/m0/s1. The van der Waals surface area contributed by atoms with Gasteiger partial charge in [0, 0.05) is 36.5 Å². The molecule has 4 N–H and O–H groups in total. The summed E-state index contributed by atoms with van der Waals surface area (Å²) in [6.45, 7) is 4.65. The number of hydrogen-bond donors (Lipinski definition) is 3. The van der Waals surface area contributed by atoms with Crippen LogP contribution in [0.3, 0.4) is 0 Å². The lowest BCUT2D eigenvalue weighted by atomic mass is 10.0. The van der Waals surface area contributed by atoms with Crippen LogP contribution in [0.15, 0.2) is 24.5 Å². The van der Waals surface area contributed by atoms with Crippen LogP contribution in [0, 0.1) is 11.2 Å². The van der Waals surface area contributed by atoms with Gasteiger partial charge in [0.15, 0.2) is 11.6 Å². The molecule has 156 valence electrons. The van der Waals surface area contributed by atoms with Gasteiger partial charge in [-0.1, -0.05) is 0 Å². The minimum absolute atomic E-state index is 0.00338. The maximum atomic E-state index is 14.1. The first kappa shape index (κ1) is 20.9. The van der Waals surface area contributed by atoms with Crippen LogP contribution in [0.2, 0.25) is 0 Å². The topological polar surface area (TPSA) is 112 Å². The summed E-state index contributed by atoms with van der Waals surface area (Å²) in [5, 5.41) is 18.8. The molecule has 0 bridgehead atoms. The maximum absolute atomic E-state index is 14.1. The SMILES string of the molecule is CC(C)Oc1cc(C(=N)c2cc(N3C[C@H](O)[C@@H](N(C)C)C3)ncn2)c(N)cc1F. The first-order valence-electron chi connectivity index (χ1n) is 9.43. The van der Waals surface area contributed by atoms with Gasteiger partial charge in [0.1, 0.15) is 12.1 Å². The molecule has 2 atom stereocenters. The molecule has 8 nitrogen and oxygen atoms in total. The van der Waals surface area contributed by atoms with E-state index in [4.69, 9.17) is 15.9 Å². The van der Waals surface area contributed by atoms with E-state index < -0.39 is 11.9 Å². The van der Waals surface area contributed by atoms with Crippen LogP contribution in [0.1, 0.15) is 25.1 Å². The van der Waals surface area contributed by atoms with Crippen molar-refractivity contribution in [2.45, 2.75) is 32.1 Å². The highest BCUT2D eigenvalue weighted by molar-refractivity contribution is 6.13. The summed E-state index contributed by atoms with van der Waals surface area (Å²) >= 11 is 0. The fraction of sp³-hybridized carbons (Fsp3) is 0.450. The van der Waals surface area contributed by atoms with Crippen molar-refractivity contribution in [3.05, 3.63) is 41.6 Å². The van der Waals surface area contributed by atoms with E-state index in [9.17, 15) is 9.50 Å². The van der Waals surface area contributed by atoms with Gasteiger partial charge in [0.2, 0.25) is 0 Å². The number of nitrogens with one attached hydrogen (secondary N) is 1. The first-order chi connectivity index (χ1) is 13.7. The number of β-amino-alcohol motifs (C(OH)–C–C–N with tert-alkyl or cyclic N) is 1. The smallest absolute Gasteiger partial charge is 0.167 e. The Labute approximate surface area is 169 Å². The lowest BCUT2D eigenvalue weighted by molar-refractivity contribution is 0.114. The van der Waals surface area contributed by atoms with Crippen LogP contribution in [-0.2, 0) is 0 Å². The molecule has 1 aliphatic rings. The first-order valence-corrected chi connectivity index (χ1v) is 9.43. The van der Waals surface area contributed by atoms with E-state index in [0.29, 0.717) is 30.2 Å². The van der Waals surface area contributed by atoms with Crippen molar-refractivity contribution >= 4 is 17.2 Å². The molecule has 0 aliphatic carbocycles. The van der Waals surface area contributed by atoms with E-state index in [0.717, 1.165) is 6.07 Å². The molecular weight excluding hydrogens is 375 g/mol. The molecule has 2 heterocycles. The molecule has 1 aromatic carbocycles. The van der Waals surface area contributed by atoms with Gasteiger partial charge in [0.05, 0.1) is 29.7 Å². The number of nitrogen functional groups attached to an aromatic ring is 1. The number of nitrogens with zero attached hydrogens (tertiary/aromatic N) is 4. The van der Waals surface area contributed by atoms with Gasteiger partial charge in [-0.05, 0) is 34.0 Å². The third kappa shape index (κ3) is 4.46. The molecule has 1 aliphatic heterocycles. The van der Waals surface area contributed by atoms with E-state index in [1.807, 2.05) is 23.9 Å². The predicted molar refractivity (Wildman–Crippen MR) is 110 cm³/mol. The van der Waals surface area contributed by atoms with Crippen LogP contribution < -0.4 is 15.4 Å². The Morgan fingerprint density at radius 1 is 1.31 bits per heavy atom. The number of aromatic nitrogens is 2. The normalized spacial score (nSPS) is 19.2. The van der Waals surface area contributed by atoms with Crippen molar-refractivity contribution < 1.29 is 14.2 Å². The van der Waals surface area contributed by atoms with Crippen LogP contribution in [0.5, 0.6) is 5.75 Å². The van der Waals surface area contributed by atoms with E-state index in [-0.39, 0.29) is 29.3 Å². The van der Waals surface area contributed by atoms with Crippen LogP contribution in [-0.4, -0.2) is 71.1 Å². The fourth-order valence-electron chi connectivity index (χ4n) is 3.39. The molecular formula is C20H27FN6O2. The van der Waals surface area contributed by atoms with Crippen molar-refractivity contribution in [3.8, 4) is 5.75 Å². The van der Waals surface area contributed by atoms with Gasteiger partial charge in [-0.3, -0.25) is 5.41 Å². The average molecular weight is 402 g/mol. The summed E-state index contributed by atoms with van der Waals surface area (Å²) in [5.41, 5.74) is 6.82. The Kier molecular flexibility index (Phi) is 5.99. The summed E-state index contributed by atoms with van der Waals surface area (Å²) < 4.78 is 19.6. The van der Waals surface area contributed by atoms with E-state index >= 15 is 0 Å². The lowest BCUT2D eigenvalue weighted by Gasteiger charge is -2.22. The Hall–Kier alpha value is -2.78. The van der Waals surface area contributed by atoms with Crippen molar-refractivity contribution in [1.82, 2.24) is 14.9 Å². The van der Waals surface area contributed by atoms with Gasteiger partial charge in [-0.15, -0.1) is 0 Å². The third-order valence-electron chi connectivity index (χ3n) is 4.89. The van der Waals surface area contributed by atoms with Crippen molar-refractivity contribution in [2.75, 3.05) is 37.8 Å². The minimum Gasteiger partial charge on any atom is -0.488 e. The number of aliphatic hydroxyl groups is 1. The van der Waals surface area contributed by atoms with Gasteiger partial charge < -0.3 is 25.4 Å². The third-order valence-corrected chi connectivity index (χ3v) is 4.89. The summed E-state index contributed by atoms with van der Waals surface area (Å²) in [5.74, 6) is 0.0825. The number of likely N-dealkylation sites (N-methyl/N-ethyl adjacent to an activating group) is 1. The second kappa shape index (κ2) is 8.30. The summed E-state index contributed by atoms with van der Waals surface area (Å²) in [6.07, 6.45) is 0.665. The zero-order valence-electron chi connectivity index (χ0n) is 17.1. The molecule has 0 radical (unpaired) electrons. The molecule has 9 heteroatoms. The second-order valence-electron chi connectivity index (χ2n) is 7.68. The summed E-state index contributed by atoms with van der Waals surface area (Å²) in [6, 6.07) is 4.26. The summed E-state index contributed by atoms with van der Waals surface area (Å²) in [4.78, 5) is 12.4. The Morgan fingerprint density at radius 3 is 2.66 bits per heavy atom. The highest BCUT2D eigenvalue weighted by Gasteiger charge is 2.33. The predicted octanol–water partition coefficient (Wildman–Crippen LogP) is 1.51. The Balaban J connectivity index is 1.89. The number of rotatable bonds is 6. The molecule has 0 unspecified atom stereocenters. The monoisotopic (exact) mass is 402 g/mol. The van der Waals surface area contributed by atoms with Crippen molar-refractivity contribution in [1.29, 1.82) is 5.41 Å². The van der Waals surface area contributed by atoms with E-state index in [2.05, 4.69) is 9.97 Å². The van der Waals surface area contributed by atoms with Crippen LogP contribution in [0.25, 0.3) is 0 Å². The number of aliphatic hydroxyl groups excluding tert-OH is 1. The molecule has 0 spiro atoms. The number of anilines is 2. The zero-order valence-corrected chi connectivity index (χ0v) is 17.1. The van der Waals surface area contributed by atoms with E-state index in [1.165, 1.54) is 12.4 Å². The van der Waals surface area contributed by atoms with Gasteiger partial charge in [-0.2, -0.15) is 0 Å². The van der Waals surface area contributed by atoms with Gasteiger partial charge >= 0.3 is 0 Å². The average Bonchev–Trinajstić information content (AvgIpc) is 3.05. The largest absolute Gasteiger partial charge is 0.488 e. The summed E-state index contributed by atoms with van der Waals surface area (Å²) in [7, 11) is 3.85. The molecule has 1 aromatic heterocycles. The van der Waals surface area contributed by atoms with Gasteiger partial charge in [0.25, 0.3) is 0 Å². The minimum atomic E-state index is -0.572. The Morgan fingerprint density at radius 2 is 2.03 bits per heavy atom. The molecule has 0 saturated carbocycles. The number of ether oxygens (including phenoxy) is 1. The molecule has 1 fully saturated rings.